The molecule has 0 bridgehead atoms. The van der Waals surface area contributed by atoms with Gasteiger partial charge in [-0.1, -0.05) is 42.1 Å². The molecule has 0 aromatic carbocycles. The van der Waals surface area contributed by atoms with E-state index in [2.05, 4.69) is 28.2 Å². The van der Waals surface area contributed by atoms with Crippen molar-refractivity contribution in [2.24, 2.45) is 5.92 Å². The highest BCUT2D eigenvalue weighted by molar-refractivity contribution is 9.09. The monoisotopic (exact) mass is 275 g/mol. The standard InChI is InChI=1S/C12H22BrNO/c1-2-11(14-12(15)8-9-13)10-6-4-3-5-7-10/h10-11H,2-9H2,1H3,(H,14,15). The summed E-state index contributed by atoms with van der Waals surface area (Å²) in [5.74, 6) is 0.923. The van der Waals surface area contributed by atoms with Gasteiger partial charge < -0.3 is 5.32 Å². The van der Waals surface area contributed by atoms with Gasteiger partial charge in [0.05, 0.1) is 0 Å². The minimum Gasteiger partial charge on any atom is -0.353 e. The molecule has 0 heterocycles. The van der Waals surface area contributed by atoms with Crippen LogP contribution in [0.1, 0.15) is 51.9 Å². The third kappa shape index (κ3) is 4.54. The lowest BCUT2D eigenvalue weighted by Crippen LogP contribution is -2.40. The Kier molecular flexibility index (Phi) is 6.30. The molecule has 0 radical (unpaired) electrons. The molecule has 0 aromatic heterocycles. The first-order valence-corrected chi connectivity index (χ1v) is 7.25. The second-order valence-electron chi connectivity index (χ2n) is 4.42. The van der Waals surface area contributed by atoms with Crippen LogP contribution in [0, 0.1) is 5.92 Å². The van der Waals surface area contributed by atoms with Gasteiger partial charge in [-0.3, -0.25) is 4.79 Å². The molecule has 15 heavy (non-hydrogen) atoms. The van der Waals surface area contributed by atoms with Gasteiger partial charge in [-0.2, -0.15) is 0 Å². The van der Waals surface area contributed by atoms with Crippen molar-refractivity contribution in [3.63, 3.8) is 0 Å². The number of amides is 1. The number of alkyl halides is 1. The Hall–Kier alpha value is -0.0500. The van der Waals surface area contributed by atoms with Gasteiger partial charge in [0.2, 0.25) is 5.91 Å². The van der Waals surface area contributed by atoms with Crippen LogP contribution in [0.15, 0.2) is 0 Å². The van der Waals surface area contributed by atoms with Crippen LogP contribution in [0.25, 0.3) is 0 Å². The van der Waals surface area contributed by atoms with Crippen molar-refractivity contribution in [2.75, 3.05) is 5.33 Å². The minimum absolute atomic E-state index is 0.198. The van der Waals surface area contributed by atoms with Crippen molar-refractivity contribution < 1.29 is 4.79 Å². The highest BCUT2D eigenvalue weighted by Gasteiger charge is 2.23. The van der Waals surface area contributed by atoms with E-state index in [1.165, 1.54) is 32.1 Å². The summed E-state index contributed by atoms with van der Waals surface area (Å²) in [4.78, 5) is 11.5. The van der Waals surface area contributed by atoms with E-state index >= 15 is 0 Å². The second kappa shape index (κ2) is 7.26. The van der Waals surface area contributed by atoms with Gasteiger partial charge in [0.15, 0.2) is 0 Å². The molecule has 2 nitrogen and oxygen atoms in total. The van der Waals surface area contributed by atoms with E-state index in [0.717, 1.165) is 17.7 Å². The maximum Gasteiger partial charge on any atom is 0.221 e. The van der Waals surface area contributed by atoms with Gasteiger partial charge in [0.1, 0.15) is 0 Å². The topological polar surface area (TPSA) is 29.1 Å². The number of carbonyl (C=O) groups is 1. The lowest BCUT2D eigenvalue weighted by molar-refractivity contribution is -0.121. The summed E-state index contributed by atoms with van der Waals surface area (Å²) in [6.07, 6.45) is 8.33. The average molecular weight is 276 g/mol. The lowest BCUT2D eigenvalue weighted by Gasteiger charge is -2.30. The maximum absolute atomic E-state index is 11.5. The molecule has 1 fully saturated rings. The van der Waals surface area contributed by atoms with E-state index < -0.39 is 0 Å². The highest BCUT2D eigenvalue weighted by atomic mass is 79.9. The molecule has 0 aromatic rings. The van der Waals surface area contributed by atoms with Crippen LogP contribution < -0.4 is 5.32 Å². The molecule has 3 heteroatoms. The number of carbonyl (C=O) groups excluding carboxylic acids is 1. The van der Waals surface area contributed by atoms with Crippen molar-refractivity contribution in [2.45, 2.75) is 57.9 Å². The fourth-order valence-electron chi connectivity index (χ4n) is 2.45. The molecular formula is C12H22BrNO. The van der Waals surface area contributed by atoms with E-state index in [4.69, 9.17) is 0 Å². The van der Waals surface area contributed by atoms with Crippen LogP contribution >= 0.6 is 15.9 Å². The predicted molar refractivity (Wildman–Crippen MR) is 67.2 cm³/mol. The summed E-state index contributed by atoms with van der Waals surface area (Å²) in [7, 11) is 0. The van der Waals surface area contributed by atoms with E-state index in [-0.39, 0.29) is 5.91 Å². The number of rotatable bonds is 5. The zero-order valence-electron chi connectivity index (χ0n) is 9.60. The Balaban J connectivity index is 2.36. The van der Waals surface area contributed by atoms with Crippen LogP contribution in [-0.2, 0) is 4.79 Å². The molecule has 1 rings (SSSR count). The minimum atomic E-state index is 0.198. The van der Waals surface area contributed by atoms with Crippen LogP contribution in [-0.4, -0.2) is 17.3 Å². The summed E-state index contributed by atoms with van der Waals surface area (Å²) in [6.45, 7) is 2.17. The Morgan fingerprint density at radius 2 is 2.07 bits per heavy atom. The Morgan fingerprint density at radius 1 is 1.40 bits per heavy atom. The van der Waals surface area contributed by atoms with E-state index in [0.29, 0.717) is 12.5 Å². The quantitative estimate of drug-likeness (QED) is 0.767. The van der Waals surface area contributed by atoms with Crippen molar-refractivity contribution in [1.82, 2.24) is 5.32 Å². The van der Waals surface area contributed by atoms with E-state index in [1.807, 2.05) is 0 Å². The second-order valence-corrected chi connectivity index (χ2v) is 5.21. The smallest absolute Gasteiger partial charge is 0.221 e. The van der Waals surface area contributed by atoms with Gasteiger partial charge >= 0.3 is 0 Å². The summed E-state index contributed by atoms with van der Waals surface area (Å²) in [6, 6.07) is 0.414. The SMILES string of the molecule is CCC(NC(=O)CCBr)C1CCCCC1. The largest absolute Gasteiger partial charge is 0.353 e. The van der Waals surface area contributed by atoms with Crippen molar-refractivity contribution in [3.05, 3.63) is 0 Å². The molecule has 1 aliphatic carbocycles. The van der Waals surface area contributed by atoms with Crippen LogP contribution in [0.5, 0.6) is 0 Å². The lowest BCUT2D eigenvalue weighted by atomic mass is 9.83. The van der Waals surface area contributed by atoms with Crippen LogP contribution in [0.2, 0.25) is 0 Å². The van der Waals surface area contributed by atoms with Crippen molar-refractivity contribution in [3.8, 4) is 0 Å². The summed E-state index contributed by atoms with van der Waals surface area (Å²) < 4.78 is 0. The fourth-order valence-corrected chi connectivity index (χ4v) is 2.81. The molecule has 0 saturated heterocycles. The Bertz CT molecular complexity index is 190. The van der Waals surface area contributed by atoms with Crippen molar-refractivity contribution >= 4 is 21.8 Å². The third-order valence-corrected chi connectivity index (χ3v) is 3.72. The van der Waals surface area contributed by atoms with Crippen molar-refractivity contribution in [1.29, 1.82) is 0 Å². The fraction of sp³-hybridized carbons (Fsp3) is 0.917. The Labute approximate surface area is 101 Å². The predicted octanol–water partition coefficient (Wildman–Crippen LogP) is 3.25. The van der Waals surface area contributed by atoms with Crippen LogP contribution in [0.4, 0.5) is 0 Å². The van der Waals surface area contributed by atoms with E-state index in [9.17, 15) is 4.79 Å². The normalized spacial score (nSPS) is 19.9. The van der Waals surface area contributed by atoms with E-state index in [1.54, 1.807) is 0 Å². The summed E-state index contributed by atoms with van der Waals surface area (Å²) >= 11 is 3.30. The first-order chi connectivity index (χ1) is 7.27. The molecular weight excluding hydrogens is 254 g/mol. The Morgan fingerprint density at radius 3 is 2.60 bits per heavy atom. The molecule has 1 unspecified atom stereocenters. The van der Waals surface area contributed by atoms with Gasteiger partial charge in [0.25, 0.3) is 0 Å². The van der Waals surface area contributed by atoms with Crippen LogP contribution in [0.3, 0.4) is 0 Å². The summed E-state index contributed by atoms with van der Waals surface area (Å²) in [5.41, 5.74) is 0. The number of hydrogen-bond donors (Lipinski definition) is 1. The molecule has 0 spiro atoms. The molecule has 1 aliphatic rings. The number of halogens is 1. The zero-order chi connectivity index (χ0) is 11.1. The number of hydrogen-bond acceptors (Lipinski definition) is 1. The third-order valence-electron chi connectivity index (χ3n) is 3.33. The first-order valence-electron chi connectivity index (χ1n) is 6.13. The average Bonchev–Trinajstić information content (AvgIpc) is 2.27. The molecule has 0 aliphatic heterocycles. The van der Waals surface area contributed by atoms with Gasteiger partial charge in [-0.15, -0.1) is 0 Å². The first kappa shape index (κ1) is 13.0. The van der Waals surface area contributed by atoms with Gasteiger partial charge in [0, 0.05) is 17.8 Å². The zero-order valence-corrected chi connectivity index (χ0v) is 11.2. The molecule has 1 atom stereocenters. The van der Waals surface area contributed by atoms with Gasteiger partial charge in [-0.25, -0.2) is 0 Å². The highest BCUT2D eigenvalue weighted by Crippen LogP contribution is 2.27. The molecule has 88 valence electrons. The van der Waals surface area contributed by atoms with Gasteiger partial charge in [-0.05, 0) is 25.2 Å². The summed E-state index contributed by atoms with van der Waals surface area (Å²) in [5, 5.41) is 3.93. The molecule has 1 amide bonds. The maximum atomic E-state index is 11.5. The number of nitrogens with one attached hydrogen (secondary N) is 1. The molecule has 1 saturated carbocycles. The molecule has 1 N–H and O–H groups in total.